The van der Waals surface area contributed by atoms with Crippen molar-refractivity contribution in [1.29, 1.82) is 0 Å². The lowest BCUT2D eigenvalue weighted by atomic mass is 10.0. The summed E-state index contributed by atoms with van der Waals surface area (Å²) in [5, 5.41) is 0.668. The van der Waals surface area contributed by atoms with E-state index >= 15 is 0 Å². The average molecular weight is 431 g/mol. The normalized spacial score (nSPS) is 11.9. The molecule has 0 aliphatic heterocycles. The molecular weight excluding hydrogens is 410 g/mol. The van der Waals surface area contributed by atoms with Crippen molar-refractivity contribution in [3.8, 4) is 0 Å². The van der Waals surface area contributed by atoms with Crippen molar-refractivity contribution in [2.24, 2.45) is 11.7 Å². The zero-order valence-corrected chi connectivity index (χ0v) is 15.6. The summed E-state index contributed by atoms with van der Waals surface area (Å²) in [6.45, 7) is 4.85. The Labute approximate surface area is 145 Å². The topological polar surface area (TPSA) is 46.3 Å². The molecule has 3 nitrogen and oxygen atoms in total. The lowest BCUT2D eigenvalue weighted by Gasteiger charge is -2.21. The van der Waals surface area contributed by atoms with Gasteiger partial charge in [0.1, 0.15) is 0 Å². The molecule has 0 aromatic heterocycles. The van der Waals surface area contributed by atoms with Gasteiger partial charge in [-0.2, -0.15) is 0 Å². The van der Waals surface area contributed by atoms with Gasteiger partial charge in [0.05, 0.1) is 5.02 Å². The van der Waals surface area contributed by atoms with E-state index in [4.69, 9.17) is 17.3 Å². The second-order valence-electron chi connectivity index (χ2n) is 5.05. The summed E-state index contributed by atoms with van der Waals surface area (Å²) in [5.41, 5.74) is 6.65. The van der Waals surface area contributed by atoms with Gasteiger partial charge in [0.25, 0.3) is 5.91 Å². The first kappa shape index (κ1) is 20.0. The Morgan fingerprint density at radius 2 is 2.05 bits per heavy atom. The number of hydrogen-bond donors (Lipinski definition) is 1. The van der Waals surface area contributed by atoms with Crippen LogP contribution in [0.3, 0.4) is 0 Å². The van der Waals surface area contributed by atoms with Crippen LogP contribution in [0.2, 0.25) is 5.02 Å². The molecule has 0 radical (unpaired) electrons. The molecule has 2 N–H and O–H groups in total. The van der Waals surface area contributed by atoms with Gasteiger partial charge in [-0.25, -0.2) is 0 Å². The zero-order chi connectivity index (χ0) is 14.6. The van der Waals surface area contributed by atoms with E-state index in [9.17, 15) is 4.79 Å². The average Bonchev–Trinajstić information content (AvgIpc) is 2.37. The van der Waals surface area contributed by atoms with Crippen molar-refractivity contribution >= 4 is 52.5 Å². The molecule has 0 saturated heterocycles. The minimum Gasteiger partial charge on any atom is -0.342 e. The molecule has 1 amide bonds. The van der Waals surface area contributed by atoms with Gasteiger partial charge < -0.3 is 10.6 Å². The van der Waals surface area contributed by atoms with E-state index in [1.54, 1.807) is 24.1 Å². The van der Waals surface area contributed by atoms with E-state index in [-0.39, 0.29) is 24.4 Å². The standard InChI is InChI=1S/C14H20ClIN2O.ClH/c1-9(2)13(17)6-7-18(3)14(19)10-4-5-11(15)12(16)8-10;/h4-5,8-9,13H,6-7,17H2,1-3H3;1H. The number of benzene rings is 1. The van der Waals surface area contributed by atoms with Crippen LogP contribution in [0.15, 0.2) is 18.2 Å². The number of carbonyl (C=O) groups is 1. The van der Waals surface area contributed by atoms with Crippen LogP contribution in [0.4, 0.5) is 0 Å². The molecule has 0 spiro atoms. The van der Waals surface area contributed by atoms with Crippen molar-refractivity contribution in [3.63, 3.8) is 0 Å². The third-order valence-corrected chi connectivity index (χ3v) is 4.71. The highest BCUT2D eigenvalue weighted by molar-refractivity contribution is 14.1. The first-order chi connectivity index (χ1) is 8.82. The van der Waals surface area contributed by atoms with Gasteiger partial charge in [0.15, 0.2) is 0 Å². The van der Waals surface area contributed by atoms with Crippen LogP contribution >= 0.6 is 46.6 Å². The highest BCUT2D eigenvalue weighted by Gasteiger charge is 2.15. The maximum absolute atomic E-state index is 12.2. The third-order valence-electron chi connectivity index (χ3n) is 3.17. The molecule has 0 bridgehead atoms. The summed E-state index contributed by atoms with van der Waals surface area (Å²) < 4.78 is 0.886. The molecule has 0 heterocycles. The predicted octanol–water partition coefficient (Wildman–Crippen LogP) is 3.81. The van der Waals surface area contributed by atoms with Gasteiger partial charge in [-0.3, -0.25) is 4.79 Å². The molecular formula is C14H21Cl2IN2O. The maximum atomic E-state index is 12.2. The van der Waals surface area contributed by atoms with Crippen molar-refractivity contribution in [1.82, 2.24) is 4.90 Å². The Hall–Kier alpha value is -0.0400. The summed E-state index contributed by atoms with van der Waals surface area (Å²) in [5.74, 6) is 0.436. The zero-order valence-electron chi connectivity index (χ0n) is 11.9. The Bertz CT molecular complexity index is 455. The van der Waals surface area contributed by atoms with Crippen LogP contribution in [-0.4, -0.2) is 30.4 Å². The van der Waals surface area contributed by atoms with Crippen molar-refractivity contribution < 1.29 is 4.79 Å². The molecule has 114 valence electrons. The maximum Gasteiger partial charge on any atom is 0.253 e. The Morgan fingerprint density at radius 3 is 2.55 bits per heavy atom. The summed E-state index contributed by atoms with van der Waals surface area (Å²) in [4.78, 5) is 13.9. The molecule has 1 aromatic rings. The van der Waals surface area contributed by atoms with Gasteiger partial charge in [0.2, 0.25) is 0 Å². The predicted molar refractivity (Wildman–Crippen MR) is 95.8 cm³/mol. The van der Waals surface area contributed by atoms with Gasteiger partial charge in [-0.1, -0.05) is 25.4 Å². The van der Waals surface area contributed by atoms with E-state index in [1.165, 1.54) is 0 Å². The quantitative estimate of drug-likeness (QED) is 0.722. The van der Waals surface area contributed by atoms with Crippen LogP contribution in [0.1, 0.15) is 30.6 Å². The Morgan fingerprint density at radius 1 is 1.45 bits per heavy atom. The van der Waals surface area contributed by atoms with E-state index < -0.39 is 0 Å². The molecule has 1 rings (SSSR count). The largest absolute Gasteiger partial charge is 0.342 e. The van der Waals surface area contributed by atoms with E-state index in [2.05, 4.69) is 36.4 Å². The van der Waals surface area contributed by atoms with Crippen molar-refractivity contribution in [2.45, 2.75) is 26.3 Å². The fourth-order valence-corrected chi connectivity index (χ4v) is 2.26. The first-order valence-corrected chi connectivity index (χ1v) is 7.74. The van der Waals surface area contributed by atoms with E-state index in [0.29, 0.717) is 23.0 Å². The van der Waals surface area contributed by atoms with Gasteiger partial charge in [-0.05, 0) is 53.1 Å². The van der Waals surface area contributed by atoms with Crippen LogP contribution in [0.25, 0.3) is 0 Å². The molecule has 0 saturated carbocycles. The molecule has 1 unspecified atom stereocenters. The lowest BCUT2D eigenvalue weighted by molar-refractivity contribution is 0.0789. The first-order valence-electron chi connectivity index (χ1n) is 6.29. The Kier molecular flexibility index (Phi) is 9.06. The second kappa shape index (κ2) is 9.07. The molecule has 0 fully saturated rings. The monoisotopic (exact) mass is 430 g/mol. The van der Waals surface area contributed by atoms with Gasteiger partial charge >= 0.3 is 0 Å². The summed E-state index contributed by atoms with van der Waals surface area (Å²) in [6, 6.07) is 5.45. The number of nitrogens with two attached hydrogens (primary N) is 1. The molecule has 20 heavy (non-hydrogen) atoms. The number of halogens is 3. The molecule has 0 aliphatic rings. The van der Waals surface area contributed by atoms with Crippen molar-refractivity contribution in [3.05, 3.63) is 32.4 Å². The van der Waals surface area contributed by atoms with Crippen LogP contribution in [0, 0.1) is 9.49 Å². The lowest BCUT2D eigenvalue weighted by Crippen LogP contribution is -2.34. The summed E-state index contributed by atoms with van der Waals surface area (Å²) in [6.07, 6.45) is 0.810. The van der Waals surface area contributed by atoms with Crippen LogP contribution in [0.5, 0.6) is 0 Å². The number of nitrogens with zero attached hydrogens (tertiary/aromatic N) is 1. The minimum atomic E-state index is 0. The number of hydrogen-bond acceptors (Lipinski definition) is 2. The minimum absolute atomic E-state index is 0. The smallest absolute Gasteiger partial charge is 0.253 e. The van der Waals surface area contributed by atoms with E-state index in [1.807, 2.05) is 6.07 Å². The molecule has 6 heteroatoms. The molecule has 0 aliphatic carbocycles. The van der Waals surface area contributed by atoms with Crippen molar-refractivity contribution in [2.75, 3.05) is 13.6 Å². The van der Waals surface area contributed by atoms with Crippen LogP contribution < -0.4 is 5.73 Å². The van der Waals surface area contributed by atoms with Gasteiger partial charge in [-0.15, -0.1) is 12.4 Å². The fourth-order valence-electron chi connectivity index (χ4n) is 1.63. The summed E-state index contributed by atoms with van der Waals surface area (Å²) >= 11 is 8.08. The van der Waals surface area contributed by atoms with Gasteiger partial charge in [0, 0.05) is 28.8 Å². The SMILES string of the molecule is CC(C)C(N)CCN(C)C(=O)c1ccc(Cl)c(I)c1.Cl. The fraction of sp³-hybridized carbons (Fsp3) is 0.500. The highest BCUT2D eigenvalue weighted by atomic mass is 127. The highest BCUT2D eigenvalue weighted by Crippen LogP contribution is 2.20. The second-order valence-corrected chi connectivity index (χ2v) is 6.62. The number of rotatable bonds is 5. The summed E-state index contributed by atoms with van der Waals surface area (Å²) in [7, 11) is 1.80. The van der Waals surface area contributed by atoms with E-state index in [0.717, 1.165) is 9.99 Å². The number of carbonyl (C=O) groups excluding carboxylic acids is 1. The molecule has 1 aromatic carbocycles. The Balaban J connectivity index is 0.00000361. The molecule has 1 atom stereocenters. The number of amides is 1. The third kappa shape index (κ3) is 5.76. The van der Waals surface area contributed by atoms with Crippen LogP contribution in [-0.2, 0) is 0 Å².